The zero-order valence-corrected chi connectivity index (χ0v) is 9.54. The standard InChI is InChI=1S/C9H19O4P/c1-2-8-12-14(10,11)13-9-6-4-3-5-7-9/h9H,2-8H2,1H3,(H,10,11). The Hall–Kier alpha value is 0.110. The Morgan fingerprint density at radius 1 is 1.36 bits per heavy atom. The normalized spacial score (nSPS) is 23.3. The van der Waals surface area contributed by atoms with Crippen molar-refractivity contribution in [2.24, 2.45) is 0 Å². The molecule has 0 heterocycles. The summed E-state index contributed by atoms with van der Waals surface area (Å²) in [6.07, 6.45) is 5.75. The van der Waals surface area contributed by atoms with Crippen molar-refractivity contribution in [1.82, 2.24) is 0 Å². The van der Waals surface area contributed by atoms with E-state index < -0.39 is 7.82 Å². The van der Waals surface area contributed by atoms with E-state index in [9.17, 15) is 9.46 Å². The number of phosphoric acid groups is 1. The van der Waals surface area contributed by atoms with Crippen LogP contribution in [0.2, 0.25) is 0 Å². The maximum absolute atomic E-state index is 11.4. The average molecular weight is 222 g/mol. The Balaban J connectivity index is 2.29. The Morgan fingerprint density at radius 3 is 2.57 bits per heavy atom. The minimum atomic E-state index is -3.78. The van der Waals surface area contributed by atoms with Gasteiger partial charge in [-0.15, -0.1) is 0 Å². The molecular formula is C9H19O4P. The maximum atomic E-state index is 11.4. The molecule has 1 aliphatic carbocycles. The van der Waals surface area contributed by atoms with Crippen LogP contribution in [0.5, 0.6) is 0 Å². The van der Waals surface area contributed by atoms with Crippen LogP contribution in [0.4, 0.5) is 0 Å². The van der Waals surface area contributed by atoms with E-state index in [1.165, 1.54) is 6.42 Å². The van der Waals surface area contributed by atoms with Crippen LogP contribution < -0.4 is 0 Å². The van der Waals surface area contributed by atoms with Gasteiger partial charge in [0.25, 0.3) is 0 Å². The first-order chi connectivity index (χ1) is 6.64. The highest BCUT2D eigenvalue weighted by molar-refractivity contribution is 7.47. The fourth-order valence-corrected chi connectivity index (χ4v) is 2.66. The van der Waals surface area contributed by atoms with E-state index in [-0.39, 0.29) is 12.7 Å². The molecule has 0 amide bonds. The number of hydrogen-bond acceptors (Lipinski definition) is 3. The van der Waals surface area contributed by atoms with E-state index in [1.807, 2.05) is 6.92 Å². The zero-order chi connectivity index (χ0) is 10.4. The number of hydrogen-bond donors (Lipinski definition) is 1. The van der Waals surface area contributed by atoms with Gasteiger partial charge in [0, 0.05) is 0 Å². The number of rotatable bonds is 5. The fraction of sp³-hybridized carbons (Fsp3) is 1.00. The molecule has 0 aliphatic heterocycles. The Labute approximate surface area is 85.2 Å². The minimum absolute atomic E-state index is 0.0866. The second kappa shape index (κ2) is 5.86. The molecule has 1 atom stereocenters. The topological polar surface area (TPSA) is 55.8 Å². The molecular weight excluding hydrogens is 203 g/mol. The van der Waals surface area contributed by atoms with Crippen molar-refractivity contribution >= 4 is 7.82 Å². The van der Waals surface area contributed by atoms with Gasteiger partial charge in [-0.1, -0.05) is 26.2 Å². The van der Waals surface area contributed by atoms with Crippen molar-refractivity contribution in [3.63, 3.8) is 0 Å². The molecule has 0 bridgehead atoms. The smallest absolute Gasteiger partial charge is 0.302 e. The van der Waals surface area contributed by atoms with Gasteiger partial charge in [0.05, 0.1) is 12.7 Å². The molecule has 0 spiro atoms. The van der Waals surface area contributed by atoms with Crippen LogP contribution in [0.1, 0.15) is 45.4 Å². The highest BCUT2D eigenvalue weighted by atomic mass is 31.2. The minimum Gasteiger partial charge on any atom is -0.302 e. The predicted molar refractivity (Wildman–Crippen MR) is 54.0 cm³/mol. The van der Waals surface area contributed by atoms with Gasteiger partial charge in [-0.25, -0.2) is 4.57 Å². The first kappa shape index (κ1) is 12.2. The van der Waals surface area contributed by atoms with Crippen molar-refractivity contribution in [3.8, 4) is 0 Å². The van der Waals surface area contributed by atoms with Crippen LogP contribution in [0.3, 0.4) is 0 Å². The SMILES string of the molecule is CCCOP(=O)(O)OC1CCCCC1. The van der Waals surface area contributed by atoms with Crippen LogP contribution in [0, 0.1) is 0 Å². The van der Waals surface area contributed by atoms with Gasteiger partial charge < -0.3 is 4.89 Å². The van der Waals surface area contributed by atoms with Gasteiger partial charge in [0.15, 0.2) is 0 Å². The second-order valence-corrected chi connectivity index (χ2v) is 5.07. The molecule has 0 aromatic carbocycles. The third-order valence-corrected chi connectivity index (χ3v) is 3.37. The molecule has 1 aliphatic rings. The Bertz CT molecular complexity index is 201. The molecule has 1 saturated carbocycles. The molecule has 1 rings (SSSR count). The summed E-state index contributed by atoms with van der Waals surface area (Å²) >= 11 is 0. The molecule has 84 valence electrons. The molecule has 1 N–H and O–H groups in total. The second-order valence-electron chi connectivity index (χ2n) is 3.67. The summed E-state index contributed by atoms with van der Waals surface area (Å²) in [6.45, 7) is 2.17. The van der Waals surface area contributed by atoms with Gasteiger partial charge in [0.1, 0.15) is 0 Å². The summed E-state index contributed by atoms with van der Waals surface area (Å²) in [5.41, 5.74) is 0. The monoisotopic (exact) mass is 222 g/mol. The molecule has 0 aromatic heterocycles. The van der Waals surface area contributed by atoms with Gasteiger partial charge >= 0.3 is 7.82 Å². The van der Waals surface area contributed by atoms with E-state index >= 15 is 0 Å². The molecule has 0 saturated heterocycles. The lowest BCUT2D eigenvalue weighted by molar-refractivity contribution is 0.0827. The summed E-state index contributed by atoms with van der Waals surface area (Å²) in [5.74, 6) is 0. The summed E-state index contributed by atoms with van der Waals surface area (Å²) < 4.78 is 21.2. The first-order valence-electron chi connectivity index (χ1n) is 5.30. The molecule has 14 heavy (non-hydrogen) atoms. The Kier molecular flexibility index (Phi) is 5.10. The van der Waals surface area contributed by atoms with Gasteiger partial charge in [-0.2, -0.15) is 0 Å². The summed E-state index contributed by atoms with van der Waals surface area (Å²) in [4.78, 5) is 9.31. The fourth-order valence-electron chi connectivity index (χ4n) is 1.60. The van der Waals surface area contributed by atoms with Crippen molar-refractivity contribution in [2.75, 3.05) is 6.61 Å². The van der Waals surface area contributed by atoms with Gasteiger partial charge in [-0.05, 0) is 19.3 Å². The quantitative estimate of drug-likeness (QED) is 0.726. The van der Waals surface area contributed by atoms with Crippen LogP contribution >= 0.6 is 7.82 Å². The van der Waals surface area contributed by atoms with Crippen LogP contribution in [-0.2, 0) is 13.6 Å². The first-order valence-corrected chi connectivity index (χ1v) is 6.79. The lowest BCUT2D eigenvalue weighted by Crippen LogP contribution is -2.15. The lowest BCUT2D eigenvalue weighted by Gasteiger charge is -2.23. The van der Waals surface area contributed by atoms with E-state index in [4.69, 9.17) is 9.05 Å². The number of phosphoric ester groups is 1. The molecule has 5 heteroatoms. The molecule has 1 unspecified atom stereocenters. The van der Waals surface area contributed by atoms with Crippen LogP contribution in [-0.4, -0.2) is 17.6 Å². The van der Waals surface area contributed by atoms with Crippen LogP contribution in [0.25, 0.3) is 0 Å². The van der Waals surface area contributed by atoms with Gasteiger partial charge in [-0.3, -0.25) is 9.05 Å². The molecule has 0 aromatic rings. The van der Waals surface area contributed by atoms with Crippen molar-refractivity contribution in [1.29, 1.82) is 0 Å². The van der Waals surface area contributed by atoms with Gasteiger partial charge in [0.2, 0.25) is 0 Å². The third kappa shape index (κ3) is 4.56. The molecule has 0 radical (unpaired) electrons. The summed E-state index contributed by atoms with van der Waals surface area (Å²) in [7, 11) is -3.78. The van der Waals surface area contributed by atoms with E-state index in [0.29, 0.717) is 0 Å². The third-order valence-electron chi connectivity index (χ3n) is 2.29. The van der Waals surface area contributed by atoms with Crippen molar-refractivity contribution < 1.29 is 18.5 Å². The van der Waals surface area contributed by atoms with Crippen molar-refractivity contribution in [2.45, 2.75) is 51.6 Å². The maximum Gasteiger partial charge on any atom is 0.472 e. The molecule has 4 nitrogen and oxygen atoms in total. The Morgan fingerprint density at radius 2 is 2.00 bits per heavy atom. The van der Waals surface area contributed by atoms with Crippen LogP contribution in [0.15, 0.2) is 0 Å². The highest BCUT2D eigenvalue weighted by Gasteiger charge is 2.27. The highest BCUT2D eigenvalue weighted by Crippen LogP contribution is 2.46. The average Bonchev–Trinajstić information content (AvgIpc) is 2.16. The van der Waals surface area contributed by atoms with E-state index in [2.05, 4.69) is 0 Å². The molecule has 1 fully saturated rings. The summed E-state index contributed by atoms with van der Waals surface area (Å²) in [5, 5.41) is 0. The largest absolute Gasteiger partial charge is 0.472 e. The van der Waals surface area contributed by atoms with E-state index in [1.54, 1.807) is 0 Å². The predicted octanol–water partition coefficient (Wildman–Crippen LogP) is 2.86. The van der Waals surface area contributed by atoms with E-state index in [0.717, 1.165) is 32.1 Å². The lowest BCUT2D eigenvalue weighted by atomic mass is 9.98. The van der Waals surface area contributed by atoms with Crippen molar-refractivity contribution in [3.05, 3.63) is 0 Å². The summed E-state index contributed by atoms with van der Waals surface area (Å²) in [6, 6.07) is 0. The zero-order valence-electron chi connectivity index (χ0n) is 8.65.